The van der Waals surface area contributed by atoms with Gasteiger partial charge < -0.3 is 14.4 Å². The molecule has 0 saturated carbocycles. The van der Waals surface area contributed by atoms with E-state index in [-0.39, 0.29) is 12.0 Å². The van der Waals surface area contributed by atoms with Crippen molar-refractivity contribution in [1.82, 2.24) is 4.90 Å². The number of piperidine rings is 1. The molecule has 0 spiro atoms. The fourth-order valence-corrected chi connectivity index (χ4v) is 2.93. The number of benzene rings is 1. The van der Waals surface area contributed by atoms with Crippen molar-refractivity contribution in [3.8, 4) is 0 Å². The number of hydrogen-bond acceptors (Lipinski definition) is 4. The number of alkyl halides is 1. The number of esters is 1. The summed E-state index contributed by atoms with van der Waals surface area (Å²) in [5, 5.41) is 0. The van der Waals surface area contributed by atoms with Crippen molar-refractivity contribution in [3.63, 3.8) is 0 Å². The lowest BCUT2D eigenvalue weighted by atomic mass is 9.88. The number of methoxy groups -OCH3 is 1. The van der Waals surface area contributed by atoms with Crippen LogP contribution in [0.4, 0.5) is 9.18 Å². The zero-order valence-electron chi connectivity index (χ0n) is 15.3. The number of carbonyl (C=O) groups is 2. The maximum atomic E-state index is 14.9. The molecule has 1 aliphatic rings. The van der Waals surface area contributed by atoms with Crippen molar-refractivity contribution in [2.45, 2.75) is 45.4 Å². The average molecular weight is 351 g/mol. The number of amides is 1. The number of hydrogen-bond donors (Lipinski definition) is 0. The number of ether oxygens (including phenoxy) is 2. The van der Waals surface area contributed by atoms with Crippen LogP contribution in [0.1, 0.15) is 55.7 Å². The van der Waals surface area contributed by atoms with Crippen LogP contribution < -0.4 is 0 Å². The van der Waals surface area contributed by atoms with Gasteiger partial charge in [0, 0.05) is 13.1 Å². The lowest BCUT2D eigenvalue weighted by Gasteiger charge is -2.34. The summed E-state index contributed by atoms with van der Waals surface area (Å²) in [6, 6.07) is 6.48. The summed E-state index contributed by atoms with van der Waals surface area (Å²) >= 11 is 0. The van der Waals surface area contributed by atoms with Gasteiger partial charge in [-0.25, -0.2) is 14.0 Å². The minimum absolute atomic E-state index is 0.188. The van der Waals surface area contributed by atoms with Crippen LogP contribution in [0.25, 0.3) is 0 Å². The van der Waals surface area contributed by atoms with Crippen molar-refractivity contribution >= 4 is 12.1 Å². The third kappa shape index (κ3) is 5.18. The Kier molecular flexibility index (Phi) is 6.03. The van der Waals surface area contributed by atoms with E-state index in [1.165, 1.54) is 13.2 Å². The van der Waals surface area contributed by atoms with Crippen LogP contribution in [0.2, 0.25) is 0 Å². The summed E-state index contributed by atoms with van der Waals surface area (Å²) in [4.78, 5) is 25.3. The third-order valence-corrected chi connectivity index (χ3v) is 4.23. The molecule has 6 heteroatoms. The van der Waals surface area contributed by atoms with Gasteiger partial charge in [-0.1, -0.05) is 12.1 Å². The molecule has 5 nitrogen and oxygen atoms in total. The topological polar surface area (TPSA) is 55.8 Å². The van der Waals surface area contributed by atoms with E-state index in [2.05, 4.69) is 4.74 Å². The minimum Gasteiger partial charge on any atom is -0.465 e. The zero-order chi connectivity index (χ0) is 18.6. The van der Waals surface area contributed by atoms with Crippen LogP contribution in [-0.4, -0.2) is 42.8 Å². The molecule has 2 rings (SSSR count). The molecular formula is C19H26FNO4. The molecule has 0 aliphatic carbocycles. The first kappa shape index (κ1) is 19.2. The second-order valence-electron chi connectivity index (χ2n) is 7.32. The predicted octanol–water partition coefficient (Wildman–Crippen LogP) is 4.13. The van der Waals surface area contributed by atoms with Crippen LogP contribution in [0.3, 0.4) is 0 Å². The van der Waals surface area contributed by atoms with E-state index in [1.54, 1.807) is 23.1 Å². The molecule has 0 radical (unpaired) electrons. The lowest BCUT2D eigenvalue weighted by molar-refractivity contribution is 0.0143. The van der Waals surface area contributed by atoms with E-state index in [0.29, 0.717) is 37.1 Å². The Morgan fingerprint density at radius 3 is 2.44 bits per heavy atom. The monoisotopic (exact) mass is 351 g/mol. The summed E-state index contributed by atoms with van der Waals surface area (Å²) in [5.74, 6) is -0.666. The van der Waals surface area contributed by atoms with Crippen molar-refractivity contribution in [2.24, 2.45) is 5.92 Å². The molecule has 25 heavy (non-hydrogen) atoms. The smallest absolute Gasteiger partial charge is 0.410 e. The van der Waals surface area contributed by atoms with Gasteiger partial charge in [-0.2, -0.15) is 0 Å². The van der Waals surface area contributed by atoms with Gasteiger partial charge in [0.1, 0.15) is 11.8 Å². The molecule has 138 valence electrons. The lowest BCUT2D eigenvalue weighted by Crippen LogP contribution is -2.42. The van der Waals surface area contributed by atoms with Gasteiger partial charge in [-0.3, -0.25) is 0 Å². The van der Waals surface area contributed by atoms with E-state index < -0.39 is 17.7 Å². The number of halogens is 1. The molecule has 0 aromatic heterocycles. The van der Waals surface area contributed by atoms with E-state index in [0.717, 1.165) is 0 Å². The Morgan fingerprint density at radius 1 is 1.24 bits per heavy atom. The Morgan fingerprint density at radius 2 is 1.88 bits per heavy atom. The number of likely N-dealkylation sites (tertiary alicyclic amines) is 1. The summed E-state index contributed by atoms with van der Waals surface area (Å²) in [6.07, 6.45) is -0.412. The number of nitrogens with zero attached hydrogens (tertiary/aromatic N) is 1. The molecule has 1 amide bonds. The highest BCUT2D eigenvalue weighted by Gasteiger charge is 2.31. The summed E-state index contributed by atoms with van der Waals surface area (Å²) in [5.41, 5.74) is 0.276. The second kappa shape index (κ2) is 7.85. The maximum Gasteiger partial charge on any atom is 0.410 e. The second-order valence-corrected chi connectivity index (χ2v) is 7.32. The minimum atomic E-state index is -1.18. The zero-order valence-corrected chi connectivity index (χ0v) is 15.3. The number of carbonyl (C=O) groups excluding carboxylic acids is 2. The van der Waals surface area contributed by atoms with Crippen molar-refractivity contribution in [1.29, 1.82) is 0 Å². The van der Waals surface area contributed by atoms with Crippen LogP contribution in [-0.2, 0) is 9.47 Å². The Bertz CT molecular complexity index is 618. The Balaban J connectivity index is 1.96. The van der Waals surface area contributed by atoms with Crippen LogP contribution in [0.15, 0.2) is 24.3 Å². The number of rotatable bonds is 3. The van der Waals surface area contributed by atoms with Gasteiger partial charge >= 0.3 is 12.1 Å². The van der Waals surface area contributed by atoms with Gasteiger partial charge in [0.15, 0.2) is 0 Å². The van der Waals surface area contributed by atoms with Crippen molar-refractivity contribution < 1.29 is 23.5 Å². The third-order valence-electron chi connectivity index (χ3n) is 4.23. The van der Waals surface area contributed by atoms with Crippen molar-refractivity contribution in [2.75, 3.05) is 20.2 Å². The Labute approximate surface area is 148 Å². The van der Waals surface area contributed by atoms with Gasteiger partial charge in [0.25, 0.3) is 0 Å². The molecule has 1 aromatic rings. The van der Waals surface area contributed by atoms with Gasteiger partial charge in [-0.15, -0.1) is 0 Å². The highest BCUT2D eigenvalue weighted by Crippen LogP contribution is 2.34. The quantitative estimate of drug-likeness (QED) is 0.768. The summed E-state index contributed by atoms with van der Waals surface area (Å²) in [6.45, 7) is 6.41. The van der Waals surface area contributed by atoms with E-state index in [9.17, 15) is 14.0 Å². The predicted molar refractivity (Wildman–Crippen MR) is 92.2 cm³/mol. The fourth-order valence-electron chi connectivity index (χ4n) is 2.93. The van der Waals surface area contributed by atoms with Crippen LogP contribution in [0, 0.1) is 5.92 Å². The molecule has 1 atom stereocenters. The molecule has 0 N–H and O–H groups in total. The van der Waals surface area contributed by atoms with E-state index in [4.69, 9.17) is 4.74 Å². The summed E-state index contributed by atoms with van der Waals surface area (Å²) < 4.78 is 24.9. The largest absolute Gasteiger partial charge is 0.465 e. The first-order chi connectivity index (χ1) is 11.7. The van der Waals surface area contributed by atoms with E-state index in [1.807, 2.05) is 20.8 Å². The summed E-state index contributed by atoms with van der Waals surface area (Å²) in [7, 11) is 1.30. The molecular weight excluding hydrogens is 325 g/mol. The first-order valence-corrected chi connectivity index (χ1v) is 8.51. The highest BCUT2D eigenvalue weighted by atomic mass is 19.1. The highest BCUT2D eigenvalue weighted by molar-refractivity contribution is 5.89. The van der Waals surface area contributed by atoms with Crippen LogP contribution >= 0.6 is 0 Å². The standard InChI is InChI=1S/C19H26FNO4/c1-19(2,3)25-18(23)21-10-8-13(9-11-21)16(20)14-6-5-7-15(12-14)17(22)24-4/h5-7,12-13,16H,8-11H2,1-4H3. The molecule has 1 aliphatic heterocycles. The molecule has 1 fully saturated rings. The van der Waals surface area contributed by atoms with Crippen molar-refractivity contribution in [3.05, 3.63) is 35.4 Å². The average Bonchev–Trinajstić information content (AvgIpc) is 2.59. The molecule has 1 saturated heterocycles. The van der Waals surface area contributed by atoms with Crippen LogP contribution in [0.5, 0.6) is 0 Å². The first-order valence-electron chi connectivity index (χ1n) is 8.51. The SMILES string of the molecule is COC(=O)c1cccc(C(F)C2CCN(C(=O)OC(C)(C)C)CC2)c1. The van der Waals surface area contributed by atoms with E-state index >= 15 is 0 Å². The normalized spacial score (nSPS) is 17.1. The maximum absolute atomic E-state index is 14.9. The fraction of sp³-hybridized carbons (Fsp3) is 0.579. The Hall–Kier alpha value is -2.11. The molecule has 1 heterocycles. The van der Waals surface area contributed by atoms with Gasteiger partial charge in [0.2, 0.25) is 0 Å². The molecule has 1 aromatic carbocycles. The van der Waals surface area contributed by atoms with Gasteiger partial charge in [-0.05, 0) is 57.2 Å². The van der Waals surface area contributed by atoms with Gasteiger partial charge in [0.05, 0.1) is 12.7 Å². The molecule has 0 bridgehead atoms. The molecule has 1 unspecified atom stereocenters.